The molecule has 0 amide bonds. The van der Waals surface area contributed by atoms with Gasteiger partial charge in [0.25, 0.3) is 0 Å². The summed E-state index contributed by atoms with van der Waals surface area (Å²) in [5, 5.41) is 10.7. The van der Waals surface area contributed by atoms with Gasteiger partial charge in [-0.15, -0.1) is 10.2 Å². The van der Waals surface area contributed by atoms with Crippen molar-refractivity contribution in [2.24, 2.45) is 5.92 Å². The first-order valence-electron chi connectivity index (χ1n) is 12.5. The minimum absolute atomic E-state index is 0.0724. The minimum atomic E-state index is -2.17. The van der Waals surface area contributed by atoms with Crippen molar-refractivity contribution in [3.05, 3.63) is 64.7 Å². The number of hydrogen-bond acceptors (Lipinski definition) is 7. The zero-order valence-electron chi connectivity index (χ0n) is 21.1. The first-order chi connectivity index (χ1) is 18.5. The Bertz CT molecular complexity index is 1540. The van der Waals surface area contributed by atoms with Crippen molar-refractivity contribution in [2.45, 2.75) is 43.2 Å². The normalized spacial score (nSPS) is 17.4. The summed E-state index contributed by atoms with van der Waals surface area (Å²) in [6, 6.07) is 9.28. The van der Waals surface area contributed by atoms with Gasteiger partial charge in [0.1, 0.15) is 23.0 Å². The average Bonchev–Trinajstić information content (AvgIpc) is 3.43. The third kappa shape index (κ3) is 4.61. The second-order valence-electron chi connectivity index (χ2n) is 9.84. The van der Waals surface area contributed by atoms with Gasteiger partial charge in [-0.25, -0.2) is 9.19 Å². The van der Waals surface area contributed by atoms with E-state index < -0.39 is 11.1 Å². The molecule has 2 aliphatic rings. The van der Waals surface area contributed by atoms with Gasteiger partial charge >= 0.3 is 0 Å². The Morgan fingerprint density at radius 1 is 1.16 bits per heavy atom. The molecule has 198 valence electrons. The van der Waals surface area contributed by atoms with Crippen LogP contribution in [0.2, 0.25) is 5.15 Å². The van der Waals surface area contributed by atoms with Crippen LogP contribution in [-0.4, -0.2) is 49.3 Å². The highest BCUT2D eigenvalue weighted by atomic mass is 35.5. The Kier molecular flexibility index (Phi) is 6.71. The van der Waals surface area contributed by atoms with Gasteiger partial charge in [0.15, 0.2) is 11.1 Å². The molecule has 1 fully saturated rings. The summed E-state index contributed by atoms with van der Waals surface area (Å²) in [6.07, 6.45) is 7.50. The van der Waals surface area contributed by atoms with Gasteiger partial charge in [-0.2, -0.15) is 0 Å². The number of anilines is 1. The average molecular weight is 554 g/mol. The van der Waals surface area contributed by atoms with Crippen molar-refractivity contribution in [2.75, 3.05) is 25.7 Å². The lowest BCUT2D eigenvalue weighted by molar-refractivity contribution is 0.390. The number of aryl methyl sites for hydroxylation is 1. The molecule has 0 bridgehead atoms. The van der Waals surface area contributed by atoms with Gasteiger partial charge < -0.3 is 18.9 Å². The molecular weight excluding hydrogens is 526 g/mol. The highest BCUT2D eigenvalue weighted by Gasteiger charge is 2.33. The molecule has 9 nitrogen and oxygen atoms in total. The third-order valence-corrected chi connectivity index (χ3v) is 8.44. The summed E-state index contributed by atoms with van der Waals surface area (Å²) >= 11 is 3.96. The first-order valence-corrected chi connectivity index (χ1v) is 14.0. The van der Waals surface area contributed by atoms with Crippen LogP contribution in [0.4, 0.5) is 5.95 Å². The molecular formula is C27H28ClN5O4S. The van der Waals surface area contributed by atoms with E-state index in [0.29, 0.717) is 27.9 Å². The van der Waals surface area contributed by atoms with Crippen molar-refractivity contribution >= 4 is 39.4 Å². The van der Waals surface area contributed by atoms with Gasteiger partial charge in [0, 0.05) is 41.7 Å². The fourth-order valence-electron chi connectivity index (χ4n) is 5.48. The molecule has 2 atom stereocenters. The van der Waals surface area contributed by atoms with Gasteiger partial charge in [-0.05, 0) is 67.0 Å². The maximum atomic E-state index is 12.3. The molecule has 1 N–H and O–H groups in total. The van der Waals surface area contributed by atoms with Crippen molar-refractivity contribution in [1.29, 1.82) is 0 Å². The first kappa shape index (κ1) is 25.1. The molecule has 11 heteroatoms. The number of rotatable bonds is 9. The molecule has 2 unspecified atom stereocenters. The zero-order valence-corrected chi connectivity index (χ0v) is 22.7. The highest BCUT2D eigenvalue weighted by molar-refractivity contribution is 7.79. The minimum Gasteiger partial charge on any atom is -0.497 e. The van der Waals surface area contributed by atoms with E-state index in [4.69, 9.17) is 21.1 Å². The van der Waals surface area contributed by atoms with E-state index in [0.717, 1.165) is 58.9 Å². The number of nitrogens with zero attached hydrogens (tertiary/aromatic N) is 5. The Morgan fingerprint density at radius 2 is 2.00 bits per heavy atom. The van der Waals surface area contributed by atoms with Gasteiger partial charge in [0.2, 0.25) is 5.95 Å². The van der Waals surface area contributed by atoms with Crippen LogP contribution in [0.25, 0.3) is 10.8 Å². The number of fused-ring (bicyclic) bond motifs is 3. The van der Waals surface area contributed by atoms with Crippen molar-refractivity contribution in [3.63, 3.8) is 0 Å². The molecule has 6 rings (SSSR count). The van der Waals surface area contributed by atoms with Crippen LogP contribution in [0.3, 0.4) is 0 Å². The molecule has 2 aromatic heterocycles. The van der Waals surface area contributed by atoms with Gasteiger partial charge in [-0.1, -0.05) is 11.6 Å². The topological polar surface area (TPSA) is 103 Å². The summed E-state index contributed by atoms with van der Waals surface area (Å²) in [5.41, 5.74) is 3.14. The Hall–Kier alpha value is -3.21. The Balaban J connectivity index is 1.40. The van der Waals surface area contributed by atoms with Crippen LogP contribution in [0.5, 0.6) is 11.5 Å². The number of halogens is 1. The van der Waals surface area contributed by atoms with Crippen LogP contribution in [-0.2, 0) is 24.0 Å². The van der Waals surface area contributed by atoms with Gasteiger partial charge in [0.05, 0.1) is 25.2 Å². The fraction of sp³-hybridized carbons (Fsp3) is 0.370. The zero-order chi connectivity index (χ0) is 26.4. The summed E-state index contributed by atoms with van der Waals surface area (Å²) < 4.78 is 35.6. The maximum Gasteiger partial charge on any atom is 0.227 e. The Labute approximate surface area is 228 Å². The standard InChI is InChI=1S/C27H28ClN5O4S/c1-36-18-6-5-17(24(9-18)37-2)14-32(13-16-3-4-16)27-31-30-15-33(27)23-8-7-19-20(23)10-25(38(34)35)21-11-26(28)29-12-22(19)21/h5-6,9-12,15-16,23H,3-4,7-8,13-14H2,1-2H3,(H,34,35). The molecule has 4 aromatic rings. The lowest BCUT2D eigenvalue weighted by atomic mass is 10.0. The number of pyridine rings is 1. The molecule has 2 aromatic carbocycles. The second kappa shape index (κ2) is 10.2. The fourth-order valence-corrected chi connectivity index (χ4v) is 6.22. The van der Waals surface area contributed by atoms with Gasteiger partial charge in [-0.3, -0.25) is 4.57 Å². The third-order valence-electron chi connectivity index (χ3n) is 7.51. The Morgan fingerprint density at radius 3 is 2.74 bits per heavy atom. The van der Waals surface area contributed by atoms with Crippen LogP contribution < -0.4 is 14.4 Å². The second-order valence-corrected chi connectivity index (χ2v) is 11.2. The smallest absolute Gasteiger partial charge is 0.227 e. The van der Waals surface area contributed by atoms with Crippen LogP contribution in [0, 0.1) is 5.92 Å². The van der Waals surface area contributed by atoms with Crippen LogP contribution in [0.1, 0.15) is 42.0 Å². The monoisotopic (exact) mass is 553 g/mol. The van der Waals surface area contributed by atoms with E-state index in [2.05, 4.69) is 24.6 Å². The predicted molar refractivity (Wildman–Crippen MR) is 146 cm³/mol. The molecule has 0 radical (unpaired) electrons. The summed E-state index contributed by atoms with van der Waals surface area (Å²) in [7, 11) is 3.30. The van der Waals surface area contributed by atoms with Crippen LogP contribution >= 0.6 is 11.6 Å². The molecule has 2 heterocycles. The highest BCUT2D eigenvalue weighted by Crippen LogP contribution is 2.43. The number of benzene rings is 2. The summed E-state index contributed by atoms with van der Waals surface area (Å²) in [4.78, 5) is 6.86. The summed E-state index contributed by atoms with van der Waals surface area (Å²) in [5.74, 6) is 2.89. The summed E-state index contributed by atoms with van der Waals surface area (Å²) in [6.45, 7) is 1.47. The van der Waals surface area contributed by atoms with Crippen molar-refractivity contribution in [3.8, 4) is 11.5 Å². The van der Waals surface area contributed by atoms with E-state index in [9.17, 15) is 8.76 Å². The van der Waals surface area contributed by atoms with Crippen LogP contribution in [0.15, 0.2) is 47.8 Å². The largest absolute Gasteiger partial charge is 0.497 e. The maximum absolute atomic E-state index is 12.3. The van der Waals surface area contributed by atoms with E-state index >= 15 is 0 Å². The van der Waals surface area contributed by atoms with Crippen molar-refractivity contribution in [1.82, 2.24) is 19.7 Å². The number of methoxy groups -OCH3 is 2. The van der Waals surface area contributed by atoms with E-state index in [1.165, 1.54) is 12.8 Å². The molecule has 0 aliphatic heterocycles. The number of hydrogen-bond donors (Lipinski definition) is 1. The van der Waals surface area contributed by atoms with E-state index in [-0.39, 0.29) is 6.04 Å². The molecule has 38 heavy (non-hydrogen) atoms. The molecule has 0 spiro atoms. The quantitative estimate of drug-likeness (QED) is 0.227. The molecule has 1 saturated carbocycles. The van der Waals surface area contributed by atoms with Crippen molar-refractivity contribution < 1.29 is 18.2 Å². The van der Waals surface area contributed by atoms with E-state index in [1.54, 1.807) is 32.8 Å². The lowest BCUT2D eigenvalue weighted by Gasteiger charge is -2.27. The van der Waals surface area contributed by atoms with E-state index in [1.807, 2.05) is 24.3 Å². The number of ether oxygens (including phenoxy) is 2. The number of aromatic nitrogens is 4. The SMILES string of the molecule is COc1ccc(CN(CC2CC2)c2nncn2C2CCc3c2cc(S(=O)O)c2cc(Cl)ncc32)c(OC)c1. The predicted octanol–water partition coefficient (Wildman–Crippen LogP) is 5.03. The molecule has 2 aliphatic carbocycles. The molecule has 0 saturated heterocycles. The lowest BCUT2D eigenvalue weighted by Crippen LogP contribution is -2.29.